The summed E-state index contributed by atoms with van der Waals surface area (Å²) in [5.74, 6) is 0.447. The maximum Gasteiger partial charge on any atom is 0.264 e. The number of ether oxygens (including phenoxy) is 3. The number of nitrogens with zero attached hydrogens (tertiary/aromatic N) is 2. The van der Waals surface area contributed by atoms with Crippen molar-refractivity contribution in [3.63, 3.8) is 0 Å². The molecule has 0 saturated carbocycles. The van der Waals surface area contributed by atoms with Crippen LogP contribution < -0.4 is 23.8 Å². The third-order valence-corrected chi connectivity index (χ3v) is 9.01. The zero-order valence-electron chi connectivity index (χ0n) is 25.9. The Bertz CT molecular complexity index is 1530. The summed E-state index contributed by atoms with van der Waals surface area (Å²) in [5, 5.41) is 2.88. The number of carbonyl (C=O) groups excluding carboxylic acids is 2. The number of nitrogens with one attached hydrogen (secondary N) is 1. The first-order valence-corrected chi connectivity index (χ1v) is 16.4. The molecule has 0 aliphatic carbocycles. The molecule has 0 bridgehead atoms. The minimum Gasteiger partial charge on any atom is -0.494 e. The number of hydrogen-bond donors (Lipinski definition) is 1. The molecule has 1 N–H and O–H groups in total. The fourth-order valence-corrected chi connectivity index (χ4v) is 6.25. The van der Waals surface area contributed by atoms with Crippen LogP contribution in [0.1, 0.15) is 33.3 Å². The molecular weight excluding hydrogens is 650 g/mol. The number of halogens is 1. The van der Waals surface area contributed by atoms with E-state index in [0.717, 1.165) is 14.3 Å². The molecule has 12 heteroatoms. The van der Waals surface area contributed by atoms with Crippen LogP contribution in [0.25, 0.3) is 0 Å². The summed E-state index contributed by atoms with van der Waals surface area (Å²) in [4.78, 5) is 28.6. The average molecular weight is 691 g/mol. The molecule has 10 nitrogen and oxygen atoms in total. The molecule has 0 aliphatic rings. The average Bonchev–Trinajstić information content (AvgIpc) is 3.01. The van der Waals surface area contributed by atoms with Gasteiger partial charge in [0.15, 0.2) is 11.5 Å². The normalized spacial score (nSPS) is 11.9. The lowest BCUT2D eigenvalue weighted by molar-refractivity contribution is -0.139. The summed E-state index contributed by atoms with van der Waals surface area (Å²) >= 11 is 3.46. The summed E-state index contributed by atoms with van der Waals surface area (Å²) in [7, 11) is -1.45. The Kier molecular flexibility index (Phi) is 12.5. The van der Waals surface area contributed by atoms with Gasteiger partial charge in [0.25, 0.3) is 10.0 Å². The smallest absolute Gasteiger partial charge is 0.264 e. The monoisotopic (exact) mass is 689 g/mol. The third kappa shape index (κ3) is 8.88. The lowest BCUT2D eigenvalue weighted by atomic mass is 10.1. The van der Waals surface area contributed by atoms with E-state index in [0.29, 0.717) is 24.7 Å². The van der Waals surface area contributed by atoms with Crippen molar-refractivity contribution in [2.45, 2.75) is 45.2 Å². The van der Waals surface area contributed by atoms with Crippen molar-refractivity contribution in [3.05, 3.63) is 76.8 Å². The number of benzene rings is 3. The lowest BCUT2D eigenvalue weighted by Crippen LogP contribution is -2.51. The fraction of sp³-hybridized carbons (Fsp3) is 0.375. The Labute approximate surface area is 268 Å². The summed E-state index contributed by atoms with van der Waals surface area (Å²) in [6, 6.07) is 17.2. The quantitative estimate of drug-likeness (QED) is 0.232. The summed E-state index contributed by atoms with van der Waals surface area (Å²) in [6.45, 7) is 7.82. The Hall–Kier alpha value is -3.77. The van der Waals surface area contributed by atoms with Crippen molar-refractivity contribution in [2.24, 2.45) is 5.92 Å². The maximum absolute atomic E-state index is 14.2. The third-order valence-electron chi connectivity index (χ3n) is 6.75. The van der Waals surface area contributed by atoms with E-state index in [-0.39, 0.29) is 34.7 Å². The SMILES string of the molecule is CCOc1ccc(N(CC(=O)N(Cc2cccc(Br)c2)[C@@H](C)C(=O)NCC(C)C)S(=O)(=O)c2ccc(OC)c(OC)c2)cc1. The molecule has 0 aromatic heterocycles. The number of rotatable bonds is 15. The molecule has 3 rings (SSSR count). The van der Waals surface area contributed by atoms with E-state index in [2.05, 4.69) is 21.2 Å². The van der Waals surface area contributed by atoms with Crippen LogP contribution in [0.15, 0.2) is 76.1 Å². The maximum atomic E-state index is 14.2. The molecule has 2 amide bonds. The van der Waals surface area contributed by atoms with Crippen LogP contribution in [-0.2, 0) is 26.2 Å². The van der Waals surface area contributed by atoms with Crippen LogP contribution in [0.4, 0.5) is 5.69 Å². The van der Waals surface area contributed by atoms with Gasteiger partial charge >= 0.3 is 0 Å². The van der Waals surface area contributed by atoms with E-state index in [1.165, 1.54) is 37.3 Å². The van der Waals surface area contributed by atoms with Crippen LogP contribution in [0.5, 0.6) is 17.2 Å². The molecule has 0 spiro atoms. The highest BCUT2D eigenvalue weighted by Gasteiger charge is 2.33. The molecule has 238 valence electrons. The van der Waals surface area contributed by atoms with Crippen LogP contribution in [0, 0.1) is 5.92 Å². The fourth-order valence-electron chi connectivity index (χ4n) is 4.38. The minimum atomic E-state index is -4.31. The van der Waals surface area contributed by atoms with E-state index in [1.54, 1.807) is 31.2 Å². The molecule has 1 atom stereocenters. The van der Waals surface area contributed by atoms with Crippen molar-refractivity contribution in [3.8, 4) is 17.2 Å². The van der Waals surface area contributed by atoms with E-state index in [1.807, 2.05) is 45.0 Å². The van der Waals surface area contributed by atoms with Gasteiger partial charge in [-0.1, -0.05) is 41.9 Å². The Morgan fingerprint density at radius 2 is 1.61 bits per heavy atom. The van der Waals surface area contributed by atoms with Gasteiger partial charge in [-0.3, -0.25) is 13.9 Å². The number of carbonyl (C=O) groups is 2. The van der Waals surface area contributed by atoms with Crippen LogP contribution >= 0.6 is 15.9 Å². The number of anilines is 1. The Morgan fingerprint density at radius 1 is 0.932 bits per heavy atom. The zero-order chi connectivity index (χ0) is 32.4. The Morgan fingerprint density at radius 3 is 2.20 bits per heavy atom. The number of amides is 2. The van der Waals surface area contributed by atoms with Gasteiger partial charge in [-0.15, -0.1) is 0 Å². The molecule has 3 aromatic carbocycles. The second-order valence-corrected chi connectivity index (χ2v) is 13.2. The standard InChI is InChI=1S/C32H40BrN3O7S/c1-7-43-27-13-11-26(12-14-27)36(44(39,40)28-15-16-29(41-5)30(18-28)42-6)21-31(37)35(20-24-9-8-10-25(33)17-24)23(4)32(38)34-19-22(2)3/h8-18,22-23H,7,19-21H2,1-6H3,(H,34,38)/t23-/m0/s1. The molecule has 0 radical (unpaired) electrons. The van der Waals surface area contributed by atoms with Gasteiger partial charge in [0.05, 0.1) is 31.4 Å². The molecule has 3 aromatic rings. The highest BCUT2D eigenvalue weighted by molar-refractivity contribution is 9.10. The van der Waals surface area contributed by atoms with Crippen LogP contribution in [-0.4, -0.2) is 65.1 Å². The van der Waals surface area contributed by atoms with Crippen molar-refractivity contribution in [2.75, 3.05) is 38.2 Å². The van der Waals surface area contributed by atoms with E-state index >= 15 is 0 Å². The van der Waals surface area contributed by atoms with Gasteiger partial charge in [-0.25, -0.2) is 8.42 Å². The van der Waals surface area contributed by atoms with Crippen molar-refractivity contribution >= 4 is 43.5 Å². The largest absolute Gasteiger partial charge is 0.494 e. The van der Waals surface area contributed by atoms with Crippen molar-refractivity contribution < 1.29 is 32.2 Å². The first kappa shape index (κ1) is 34.7. The molecule has 0 saturated heterocycles. The topological polar surface area (TPSA) is 114 Å². The predicted molar refractivity (Wildman–Crippen MR) is 174 cm³/mol. The molecular formula is C32H40BrN3O7S. The second kappa shape index (κ2) is 15.8. The molecule has 0 heterocycles. The van der Waals surface area contributed by atoms with Crippen molar-refractivity contribution in [1.82, 2.24) is 10.2 Å². The highest BCUT2D eigenvalue weighted by Crippen LogP contribution is 2.33. The minimum absolute atomic E-state index is 0.0854. The number of hydrogen-bond acceptors (Lipinski definition) is 7. The van der Waals surface area contributed by atoms with Gasteiger partial charge < -0.3 is 24.4 Å². The van der Waals surface area contributed by atoms with Gasteiger partial charge in [0.1, 0.15) is 18.3 Å². The first-order chi connectivity index (χ1) is 20.9. The van der Waals surface area contributed by atoms with Crippen molar-refractivity contribution in [1.29, 1.82) is 0 Å². The number of sulfonamides is 1. The molecule has 44 heavy (non-hydrogen) atoms. The molecule has 0 unspecified atom stereocenters. The summed E-state index contributed by atoms with van der Waals surface area (Å²) < 4.78 is 46.4. The summed E-state index contributed by atoms with van der Waals surface area (Å²) in [5.41, 5.74) is 1.02. The van der Waals surface area contributed by atoms with Gasteiger partial charge in [-0.05, 0) is 73.9 Å². The van der Waals surface area contributed by atoms with Gasteiger partial charge in [0.2, 0.25) is 11.8 Å². The van der Waals surface area contributed by atoms with Gasteiger partial charge in [0, 0.05) is 23.6 Å². The van der Waals surface area contributed by atoms with E-state index < -0.39 is 28.5 Å². The zero-order valence-corrected chi connectivity index (χ0v) is 28.3. The second-order valence-electron chi connectivity index (χ2n) is 10.4. The predicted octanol–water partition coefficient (Wildman–Crippen LogP) is 5.25. The van der Waals surface area contributed by atoms with Crippen LogP contribution in [0.3, 0.4) is 0 Å². The van der Waals surface area contributed by atoms with E-state index in [4.69, 9.17) is 14.2 Å². The Balaban J connectivity index is 2.07. The van der Waals surface area contributed by atoms with Crippen LogP contribution in [0.2, 0.25) is 0 Å². The lowest BCUT2D eigenvalue weighted by Gasteiger charge is -2.32. The van der Waals surface area contributed by atoms with E-state index in [9.17, 15) is 18.0 Å². The first-order valence-electron chi connectivity index (χ1n) is 14.2. The molecule has 0 fully saturated rings. The number of methoxy groups -OCH3 is 2. The molecule has 0 aliphatic heterocycles. The summed E-state index contributed by atoms with van der Waals surface area (Å²) in [6.07, 6.45) is 0. The van der Waals surface area contributed by atoms with Gasteiger partial charge in [-0.2, -0.15) is 0 Å². The highest BCUT2D eigenvalue weighted by atomic mass is 79.9.